The van der Waals surface area contributed by atoms with Crippen molar-refractivity contribution >= 4 is 23.1 Å². The Balaban J connectivity index is -0.000000120. The summed E-state index contributed by atoms with van der Waals surface area (Å²) in [6.45, 7) is 0. The molecule has 0 aliphatic heterocycles. The molecule has 0 unspecified atom stereocenters. The van der Waals surface area contributed by atoms with E-state index in [1.165, 1.54) is 0 Å². The number of hydrogen-bond donors (Lipinski definition) is 0. The minimum Gasteiger partial charge on any atom is -1.00 e. The van der Waals surface area contributed by atoms with E-state index in [2.05, 4.69) is 6.07 Å². The molecule has 0 bridgehead atoms. The molecular weight excluding hydrogens is 195 g/mol. The molecule has 3 heteroatoms. The first-order chi connectivity index (χ1) is 3.00. The monoisotopic (exact) mass is 199 g/mol. The van der Waals surface area contributed by atoms with Crippen molar-refractivity contribution in [2.45, 2.75) is 0 Å². The Hall–Kier alpha value is 0.396. The van der Waals surface area contributed by atoms with Gasteiger partial charge in [0.15, 0.2) is 0 Å². The van der Waals surface area contributed by atoms with E-state index in [-0.39, 0.29) is 44.7 Å². The summed E-state index contributed by atoms with van der Waals surface area (Å²) in [6, 6.07) is 12.5. The van der Waals surface area contributed by atoms with E-state index >= 15 is 0 Å². The summed E-state index contributed by atoms with van der Waals surface area (Å²) in [4.78, 5) is 0. The van der Waals surface area contributed by atoms with Crippen LogP contribution < -0.4 is 21.7 Å². The van der Waals surface area contributed by atoms with Crippen LogP contribution in [0.1, 0.15) is 0 Å². The van der Waals surface area contributed by atoms with E-state index in [1.807, 2.05) is 30.3 Å². The van der Waals surface area contributed by atoms with Crippen LogP contribution in [0, 0.1) is 6.07 Å². The molecule has 0 heterocycles. The van der Waals surface area contributed by atoms with Gasteiger partial charge in [0.25, 0.3) is 0 Å². The van der Waals surface area contributed by atoms with E-state index in [4.69, 9.17) is 0 Å². The van der Waals surface area contributed by atoms with Gasteiger partial charge in [0.1, 0.15) is 0 Å². The summed E-state index contributed by atoms with van der Waals surface area (Å²) < 4.78 is 0. The molecule has 0 atom stereocenters. The van der Waals surface area contributed by atoms with Gasteiger partial charge in [0, 0.05) is 0 Å². The zero-order valence-electron chi connectivity index (χ0n) is 4.85. The van der Waals surface area contributed by atoms with Crippen LogP contribution in [0.5, 0.6) is 0 Å². The fourth-order valence-electron chi connectivity index (χ4n) is 0.342. The number of hydrogen-bond acceptors (Lipinski definition) is 0. The van der Waals surface area contributed by atoms with Crippen LogP contribution in [0.3, 0.4) is 0 Å². The molecule has 0 amide bonds. The Morgan fingerprint density at radius 2 is 1.33 bits per heavy atom. The van der Waals surface area contributed by atoms with E-state index in [0.717, 1.165) is 0 Å². The number of halogens is 2. The van der Waals surface area contributed by atoms with Gasteiger partial charge in [-0.1, -0.05) is 0 Å². The molecule has 1 rings (SSSR count). The Morgan fingerprint density at radius 3 is 1.44 bits per heavy atom. The third-order valence-corrected chi connectivity index (χ3v) is 0.607. The standard InChI is InChI=1S/C6H5.BrH.FH.Mg/c1-2-4-6-5-3-1;;;/h1-5H;2*1H;/q-1;;;+2/p-2. The first-order valence-corrected chi connectivity index (χ1v) is 1.91. The third kappa shape index (κ3) is 8.40. The maximum atomic E-state index is 2.89. The second-order valence-corrected chi connectivity index (χ2v) is 1.08. The van der Waals surface area contributed by atoms with Gasteiger partial charge in [-0.25, -0.2) is 0 Å². The van der Waals surface area contributed by atoms with Crippen LogP contribution in [0.15, 0.2) is 30.3 Å². The minimum absolute atomic E-state index is 0. The number of benzene rings is 1. The van der Waals surface area contributed by atoms with Crippen molar-refractivity contribution in [3.63, 3.8) is 0 Å². The van der Waals surface area contributed by atoms with Crippen molar-refractivity contribution in [2.24, 2.45) is 0 Å². The van der Waals surface area contributed by atoms with Crippen molar-refractivity contribution in [1.82, 2.24) is 0 Å². The summed E-state index contributed by atoms with van der Waals surface area (Å²) in [5.41, 5.74) is 0. The molecule has 0 spiro atoms. The maximum absolute atomic E-state index is 2.89. The summed E-state index contributed by atoms with van der Waals surface area (Å²) in [5.74, 6) is 0. The van der Waals surface area contributed by atoms with Crippen LogP contribution >= 0.6 is 0 Å². The molecule has 1 aromatic carbocycles. The predicted molar refractivity (Wildman–Crippen MR) is 31.0 cm³/mol. The molecular formula is C6H5BrFMg-. The zero-order valence-corrected chi connectivity index (χ0v) is 7.85. The molecule has 0 saturated carbocycles. The van der Waals surface area contributed by atoms with Crippen molar-refractivity contribution < 1.29 is 21.7 Å². The summed E-state index contributed by atoms with van der Waals surface area (Å²) in [6.07, 6.45) is 0. The summed E-state index contributed by atoms with van der Waals surface area (Å²) in [7, 11) is 0. The van der Waals surface area contributed by atoms with Crippen molar-refractivity contribution in [2.75, 3.05) is 0 Å². The second-order valence-electron chi connectivity index (χ2n) is 1.08. The fourth-order valence-corrected chi connectivity index (χ4v) is 0.342. The molecule has 0 aliphatic carbocycles. The van der Waals surface area contributed by atoms with E-state index in [0.29, 0.717) is 0 Å². The molecule has 0 saturated heterocycles. The molecule has 0 aliphatic rings. The van der Waals surface area contributed by atoms with Crippen molar-refractivity contribution in [3.05, 3.63) is 36.4 Å². The van der Waals surface area contributed by atoms with Crippen LogP contribution in [-0.4, -0.2) is 23.1 Å². The Morgan fingerprint density at radius 1 is 0.889 bits per heavy atom. The van der Waals surface area contributed by atoms with Gasteiger partial charge in [-0.3, -0.25) is 0 Å². The summed E-state index contributed by atoms with van der Waals surface area (Å²) >= 11 is 0. The third-order valence-electron chi connectivity index (χ3n) is 0.607. The van der Waals surface area contributed by atoms with Crippen LogP contribution in [0.2, 0.25) is 0 Å². The van der Waals surface area contributed by atoms with Crippen LogP contribution in [0.25, 0.3) is 0 Å². The molecule has 0 aromatic heterocycles. The fraction of sp³-hybridized carbons (Fsp3) is 0. The normalized spacial score (nSPS) is 5.33. The largest absolute Gasteiger partial charge is 2.00 e. The SMILES string of the molecule is [Br-].[F-].[Mg+2].[c-]1ccccc1. The van der Waals surface area contributed by atoms with Crippen LogP contribution in [0.4, 0.5) is 0 Å². The summed E-state index contributed by atoms with van der Waals surface area (Å²) in [5, 5.41) is 0. The van der Waals surface area contributed by atoms with Crippen molar-refractivity contribution in [3.8, 4) is 0 Å². The smallest absolute Gasteiger partial charge is 1.00 e. The molecule has 1 aromatic rings. The molecule has 0 radical (unpaired) electrons. The minimum atomic E-state index is 0. The van der Waals surface area contributed by atoms with E-state index < -0.39 is 0 Å². The van der Waals surface area contributed by atoms with Gasteiger partial charge in [-0.05, 0) is 0 Å². The van der Waals surface area contributed by atoms with Gasteiger partial charge in [0.05, 0.1) is 0 Å². The van der Waals surface area contributed by atoms with Gasteiger partial charge < -0.3 is 21.7 Å². The van der Waals surface area contributed by atoms with Gasteiger partial charge >= 0.3 is 23.1 Å². The first kappa shape index (κ1) is 16.2. The molecule has 0 fully saturated rings. The maximum Gasteiger partial charge on any atom is 2.00 e. The van der Waals surface area contributed by atoms with Gasteiger partial charge in [-0.15, -0.1) is 0 Å². The topological polar surface area (TPSA) is 0 Å². The van der Waals surface area contributed by atoms with Crippen molar-refractivity contribution in [1.29, 1.82) is 0 Å². The quantitative estimate of drug-likeness (QED) is 0.291. The average Bonchev–Trinajstić information content (AvgIpc) is 1.72. The van der Waals surface area contributed by atoms with E-state index in [9.17, 15) is 0 Å². The Bertz CT molecular complexity index is 85.0. The van der Waals surface area contributed by atoms with E-state index in [1.54, 1.807) is 0 Å². The Labute approximate surface area is 80.9 Å². The Kier molecular flexibility index (Phi) is 20.2. The average molecular weight is 200 g/mol. The van der Waals surface area contributed by atoms with Crippen LogP contribution in [-0.2, 0) is 0 Å². The van der Waals surface area contributed by atoms with Gasteiger partial charge in [0.2, 0.25) is 0 Å². The zero-order chi connectivity index (χ0) is 4.24. The second kappa shape index (κ2) is 11.2. The molecule has 0 N–H and O–H groups in total. The predicted octanol–water partition coefficient (Wildman–Crippen LogP) is -4.89. The molecule has 46 valence electrons. The van der Waals surface area contributed by atoms with Gasteiger partial charge in [-0.2, -0.15) is 36.4 Å². The molecule has 9 heavy (non-hydrogen) atoms. The first-order valence-electron chi connectivity index (χ1n) is 1.91. The molecule has 0 nitrogen and oxygen atoms in total. The number of rotatable bonds is 0.